The Morgan fingerprint density at radius 2 is 2.14 bits per heavy atom. The Morgan fingerprint density at radius 1 is 1.33 bits per heavy atom. The van der Waals surface area contributed by atoms with Gasteiger partial charge in [-0.05, 0) is 19.1 Å². The van der Waals surface area contributed by atoms with Crippen LogP contribution in [0.1, 0.15) is 12.0 Å². The zero-order valence-electron chi connectivity index (χ0n) is 11.9. The first kappa shape index (κ1) is 13.5. The van der Waals surface area contributed by atoms with Crippen LogP contribution in [0.15, 0.2) is 30.5 Å². The number of nitrogen functional groups attached to an aromatic ring is 1. The minimum atomic E-state index is 0.0342. The van der Waals surface area contributed by atoms with E-state index in [2.05, 4.69) is 15.3 Å². The highest BCUT2D eigenvalue weighted by Crippen LogP contribution is 2.31. The molecule has 0 amide bonds. The lowest BCUT2D eigenvalue weighted by Gasteiger charge is -2.26. The summed E-state index contributed by atoms with van der Waals surface area (Å²) < 4.78 is 11.6. The van der Waals surface area contributed by atoms with Crippen molar-refractivity contribution >= 4 is 11.8 Å². The fourth-order valence-electron chi connectivity index (χ4n) is 2.19. The Kier molecular flexibility index (Phi) is 3.77. The molecule has 1 aromatic carbocycles. The number of nitrogens with zero attached hydrogens (tertiary/aromatic N) is 2. The van der Waals surface area contributed by atoms with E-state index in [1.807, 2.05) is 31.2 Å². The van der Waals surface area contributed by atoms with E-state index < -0.39 is 0 Å². The molecule has 1 aromatic heterocycles. The average Bonchev–Trinajstić information content (AvgIpc) is 2.50. The van der Waals surface area contributed by atoms with Crippen molar-refractivity contribution in [3.63, 3.8) is 0 Å². The van der Waals surface area contributed by atoms with Gasteiger partial charge in [-0.3, -0.25) is 0 Å². The van der Waals surface area contributed by atoms with E-state index in [0.29, 0.717) is 6.61 Å². The highest BCUT2D eigenvalue weighted by atomic mass is 16.6. The summed E-state index contributed by atoms with van der Waals surface area (Å²) in [5.74, 6) is 2.64. The van der Waals surface area contributed by atoms with Crippen molar-refractivity contribution in [2.75, 3.05) is 24.2 Å². The lowest BCUT2D eigenvalue weighted by atomic mass is 10.2. The second-order valence-electron chi connectivity index (χ2n) is 4.97. The molecule has 1 aliphatic heterocycles. The summed E-state index contributed by atoms with van der Waals surface area (Å²) in [6, 6.07) is 7.71. The van der Waals surface area contributed by atoms with Gasteiger partial charge >= 0.3 is 0 Å². The number of nitrogens with one attached hydrogen (secondary N) is 1. The monoisotopic (exact) mass is 286 g/mol. The van der Waals surface area contributed by atoms with Crippen LogP contribution in [0.3, 0.4) is 0 Å². The average molecular weight is 286 g/mol. The zero-order valence-corrected chi connectivity index (χ0v) is 11.9. The van der Waals surface area contributed by atoms with Gasteiger partial charge in [-0.25, -0.2) is 4.98 Å². The number of fused-ring (bicyclic) bond motifs is 1. The quantitative estimate of drug-likeness (QED) is 0.894. The first-order chi connectivity index (χ1) is 10.2. The number of ether oxygens (including phenoxy) is 2. The van der Waals surface area contributed by atoms with Gasteiger partial charge < -0.3 is 20.5 Å². The van der Waals surface area contributed by atoms with Crippen LogP contribution < -0.4 is 20.5 Å². The number of benzene rings is 1. The second kappa shape index (κ2) is 5.87. The molecule has 3 rings (SSSR count). The molecule has 2 heterocycles. The van der Waals surface area contributed by atoms with Gasteiger partial charge in [-0.2, -0.15) is 4.98 Å². The van der Waals surface area contributed by atoms with Crippen molar-refractivity contribution in [1.82, 2.24) is 9.97 Å². The number of aryl methyl sites for hydroxylation is 1. The lowest BCUT2D eigenvalue weighted by molar-refractivity contribution is 0.0873. The van der Waals surface area contributed by atoms with E-state index >= 15 is 0 Å². The molecule has 0 saturated heterocycles. The highest BCUT2D eigenvalue weighted by molar-refractivity contribution is 5.45. The smallest absolute Gasteiger partial charge is 0.221 e. The van der Waals surface area contributed by atoms with Gasteiger partial charge in [0.15, 0.2) is 11.5 Å². The van der Waals surface area contributed by atoms with Crippen molar-refractivity contribution in [1.29, 1.82) is 0 Å². The maximum absolute atomic E-state index is 5.90. The van der Waals surface area contributed by atoms with Crippen LogP contribution in [-0.2, 0) is 0 Å². The Labute approximate surface area is 123 Å². The van der Waals surface area contributed by atoms with Crippen molar-refractivity contribution in [2.24, 2.45) is 0 Å². The van der Waals surface area contributed by atoms with Crippen molar-refractivity contribution < 1.29 is 9.47 Å². The van der Waals surface area contributed by atoms with E-state index in [9.17, 15) is 0 Å². The molecule has 6 heteroatoms. The minimum absolute atomic E-state index is 0.0342. The van der Waals surface area contributed by atoms with Gasteiger partial charge in [-0.1, -0.05) is 12.1 Å². The SMILES string of the molecule is Cc1cnc(N)nc1NCC[C@@H]1COc2ccccc2O1. The molecular weight excluding hydrogens is 268 g/mol. The molecule has 110 valence electrons. The minimum Gasteiger partial charge on any atom is -0.486 e. The third kappa shape index (κ3) is 3.16. The molecule has 0 bridgehead atoms. The van der Waals surface area contributed by atoms with E-state index in [1.54, 1.807) is 6.20 Å². The van der Waals surface area contributed by atoms with Gasteiger partial charge in [0, 0.05) is 24.7 Å². The summed E-state index contributed by atoms with van der Waals surface area (Å²) in [5.41, 5.74) is 6.56. The normalized spacial score (nSPS) is 16.5. The maximum atomic E-state index is 5.90. The Balaban J connectivity index is 1.54. The molecule has 1 atom stereocenters. The van der Waals surface area contributed by atoms with Gasteiger partial charge in [0.05, 0.1) is 0 Å². The summed E-state index contributed by atoms with van der Waals surface area (Å²) in [5, 5.41) is 3.26. The second-order valence-corrected chi connectivity index (χ2v) is 4.97. The van der Waals surface area contributed by atoms with Crippen molar-refractivity contribution in [2.45, 2.75) is 19.4 Å². The fourth-order valence-corrected chi connectivity index (χ4v) is 2.19. The van der Waals surface area contributed by atoms with Gasteiger partial charge in [-0.15, -0.1) is 0 Å². The van der Waals surface area contributed by atoms with E-state index in [0.717, 1.165) is 35.8 Å². The molecule has 2 aromatic rings. The van der Waals surface area contributed by atoms with Gasteiger partial charge in [0.25, 0.3) is 0 Å². The van der Waals surface area contributed by atoms with E-state index in [1.165, 1.54) is 0 Å². The largest absolute Gasteiger partial charge is 0.486 e. The molecule has 6 nitrogen and oxygen atoms in total. The number of aromatic nitrogens is 2. The number of nitrogens with two attached hydrogens (primary N) is 1. The summed E-state index contributed by atoms with van der Waals surface area (Å²) >= 11 is 0. The maximum Gasteiger partial charge on any atom is 0.221 e. The van der Waals surface area contributed by atoms with Crippen LogP contribution in [0, 0.1) is 6.92 Å². The molecule has 0 fully saturated rings. The molecule has 0 radical (unpaired) electrons. The molecule has 1 aliphatic rings. The predicted octanol–water partition coefficient (Wildman–Crippen LogP) is 2.01. The molecule has 3 N–H and O–H groups in total. The number of anilines is 2. The fraction of sp³-hybridized carbons (Fsp3) is 0.333. The summed E-state index contributed by atoms with van der Waals surface area (Å²) in [6.07, 6.45) is 2.56. The highest BCUT2D eigenvalue weighted by Gasteiger charge is 2.20. The zero-order chi connectivity index (χ0) is 14.7. The standard InChI is InChI=1S/C15H18N4O2/c1-10-8-18-15(16)19-14(10)17-7-6-11-9-20-12-4-2-3-5-13(12)21-11/h2-5,8,11H,6-7,9H2,1H3,(H3,16,17,18,19)/t11-/m1/s1. The van der Waals surface area contributed by atoms with E-state index in [4.69, 9.17) is 15.2 Å². The van der Waals surface area contributed by atoms with Crippen LogP contribution in [0.25, 0.3) is 0 Å². The summed E-state index contributed by atoms with van der Waals surface area (Å²) in [7, 11) is 0. The molecule has 21 heavy (non-hydrogen) atoms. The van der Waals surface area contributed by atoms with Gasteiger partial charge in [0.2, 0.25) is 5.95 Å². The molecule has 0 unspecified atom stereocenters. The van der Waals surface area contributed by atoms with Crippen LogP contribution >= 0.6 is 0 Å². The van der Waals surface area contributed by atoms with Crippen LogP contribution in [-0.4, -0.2) is 29.2 Å². The molecule has 0 saturated carbocycles. The third-order valence-corrected chi connectivity index (χ3v) is 3.32. The van der Waals surface area contributed by atoms with Crippen LogP contribution in [0.5, 0.6) is 11.5 Å². The van der Waals surface area contributed by atoms with E-state index in [-0.39, 0.29) is 12.1 Å². The summed E-state index contributed by atoms with van der Waals surface area (Å²) in [6.45, 7) is 3.23. The Bertz CT molecular complexity index is 633. The van der Waals surface area contributed by atoms with Crippen LogP contribution in [0.4, 0.5) is 11.8 Å². The summed E-state index contributed by atoms with van der Waals surface area (Å²) in [4.78, 5) is 8.12. The van der Waals surface area contributed by atoms with Crippen LogP contribution in [0.2, 0.25) is 0 Å². The molecule has 0 spiro atoms. The lowest BCUT2D eigenvalue weighted by Crippen LogP contribution is -2.31. The molecule has 0 aliphatic carbocycles. The Morgan fingerprint density at radius 3 is 3.00 bits per heavy atom. The van der Waals surface area contributed by atoms with Gasteiger partial charge in [0.1, 0.15) is 18.5 Å². The Hall–Kier alpha value is -2.50. The number of rotatable bonds is 4. The predicted molar refractivity (Wildman–Crippen MR) is 80.6 cm³/mol. The van der Waals surface area contributed by atoms with Crippen molar-refractivity contribution in [3.8, 4) is 11.5 Å². The van der Waals surface area contributed by atoms with Crippen molar-refractivity contribution in [3.05, 3.63) is 36.0 Å². The molecular formula is C15H18N4O2. The topological polar surface area (TPSA) is 82.3 Å². The number of hydrogen-bond acceptors (Lipinski definition) is 6. The first-order valence-electron chi connectivity index (χ1n) is 6.94. The number of para-hydroxylation sites is 2. The first-order valence-corrected chi connectivity index (χ1v) is 6.94. The number of hydrogen-bond donors (Lipinski definition) is 2. The third-order valence-electron chi connectivity index (χ3n) is 3.32.